The van der Waals surface area contributed by atoms with E-state index in [1.165, 1.54) is 10.9 Å². The van der Waals surface area contributed by atoms with Gasteiger partial charge < -0.3 is 4.74 Å². The Kier molecular flexibility index (Phi) is 4.12. The predicted molar refractivity (Wildman–Crippen MR) is 89.0 cm³/mol. The summed E-state index contributed by atoms with van der Waals surface area (Å²) >= 11 is 0. The highest BCUT2D eigenvalue weighted by Gasteiger charge is 2.17. The van der Waals surface area contributed by atoms with Crippen LogP contribution >= 0.6 is 0 Å². The van der Waals surface area contributed by atoms with E-state index in [9.17, 15) is 10.1 Å². The normalized spacial score (nSPS) is 10.4. The minimum Gasteiger partial charge on any atom is -0.450 e. The number of anilines is 1. The average Bonchev–Trinajstić information content (AvgIpc) is 2.97. The lowest BCUT2D eigenvalue weighted by Crippen LogP contribution is -2.17. The molecule has 0 aliphatic carbocycles. The molecular formula is C17H15N5O2. The number of aromatic nitrogens is 3. The first kappa shape index (κ1) is 15.5. The second kappa shape index (κ2) is 6.38. The summed E-state index contributed by atoms with van der Waals surface area (Å²) in [7, 11) is 0. The quantitative estimate of drug-likeness (QED) is 0.799. The van der Waals surface area contributed by atoms with E-state index in [4.69, 9.17) is 4.74 Å². The number of benzene rings is 1. The topological polar surface area (TPSA) is 92.8 Å². The lowest BCUT2D eigenvalue weighted by molar-refractivity contribution is 0.167. The monoisotopic (exact) mass is 321 g/mol. The SMILES string of the molecule is CCOC(=O)Nc1c(C#N)cnn1-c1cc(C)c2ccccc2n1. The molecule has 1 aromatic carbocycles. The Hall–Kier alpha value is -3.40. The van der Waals surface area contributed by atoms with Crippen LogP contribution in [-0.2, 0) is 4.74 Å². The van der Waals surface area contributed by atoms with Crippen molar-refractivity contribution in [3.05, 3.63) is 47.7 Å². The van der Waals surface area contributed by atoms with Crippen molar-refractivity contribution in [1.82, 2.24) is 14.8 Å². The first-order chi connectivity index (χ1) is 11.6. The van der Waals surface area contributed by atoms with Gasteiger partial charge >= 0.3 is 6.09 Å². The van der Waals surface area contributed by atoms with Gasteiger partial charge in [-0.2, -0.15) is 15.0 Å². The number of rotatable bonds is 3. The molecule has 1 amide bonds. The van der Waals surface area contributed by atoms with Gasteiger partial charge in [0.15, 0.2) is 11.6 Å². The number of nitrogens with zero attached hydrogens (tertiary/aromatic N) is 4. The van der Waals surface area contributed by atoms with Crippen molar-refractivity contribution in [1.29, 1.82) is 5.26 Å². The fraction of sp³-hybridized carbons (Fsp3) is 0.176. The average molecular weight is 321 g/mol. The molecule has 0 aliphatic rings. The molecular weight excluding hydrogens is 306 g/mol. The maximum Gasteiger partial charge on any atom is 0.412 e. The standard InChI is InChI=1S/C17H15N5O2/c1-3-24-17(23)21-16-12(9-18)10-19-22(16)15-8-11(2)13-6-4-5-7-14(13)20-15/h4-8,10H,3H2,1-2H3,(H,21,23). The molecule has 0 spiro atoms. The zero-order chi connectivity index (χ0) is 17.1. The molecule has 0 radical (unpaired) electrons. The van der Waals surface area contributed by atoms with Gasteiger partial charge in [0.1, 0.15) is 11.6 Å². The Morgan fingerprint density at radius 1 is 1.42 bits per heavy atom. The first-order valence-electron chi connectivity index (χ1n) is 7.42. The number of ether oxygens (including phenoxy) is 1. The number of hydrogen-bond donors (Lipinski definition) is 1. The van der Waals surface area contributed by atoms with Gasteiger partial charge in [0, 0.05) is 5.39 Å². The maximum absolute atomic E-state index is 11.7. The molecule has 1 N–H and O–H groups in total. The van der Waals surface area contributed by atoms with Gasteiger partial charge in [-0.1, -0.05) is 18.2 Å². The van der Waals surface area contributed by atoms with E-state index in [0.29, 0.717) is 5.82 Å². The Balaban J connectivity index is 2.11. The van der Waals surface area contributed by atoms with Crippen LogP contribution in [-0.4, -0.2) is 27.5 Å². The molecule has 3 rings (SSSR count). The molecule has 0 aliphatic heterocycles. The number of carbonyl (C=O) groups excluding carboxylic acids is 1. The molecule has 0 atom stereocenters. The van der Waals surface area contributed by atoms with Gasteiger partial charge in [0.2, 0.25) is 0 Å². The van der Waals surface area contributed by atoms with E-state index in [-0.39, 0.29) is 18.0 Å². The van der Waals surface area contributed by atoms with E-state index in [0.717, 1.165) is 16.5 Å². The number of fused-ring (bicyclic) bond motifs is 1. The van der Waals surface area contributed by atoms with Crippen LogP contribution in [0.2, 0.25) is 0 Å². The number of aryl methyl sites for hydroxylation is 1. The minimum absolute atomic E-state index is 0.231. The summed E-state index contributed by atoms with van der Waals surface area (Å²) in [6.45, 7) is 3.91. The maximum atomic E-state index is 11.7. The molecule has 0 fully saturated rings. The zero-order valence-electron chi connectivity index (χ0n) is 13.3. The molecule has 7 nitrogen and oxygen atoms in total. The highest BCUT2D eigenvalue weighted by molar-refractivity contribution is 5.86. The number of amides is 1. The summed E-state index contributed by atoms with van der Waals surface area (Å²) in [4.78, 5) is 16.3. The zero-order valence-corrected chi connectivity index (χ0v) is 13.3. The molecule has 120 valence electrons. The van der Waals surface area contributed by atoms with Gasteiger partial charge in [0.25, 0.3) is 0 Å². The van der Waals surface area contributed by atoms with Crippen LogP contribution in [0.3, 0.4) is 0 Å². The molecule has 0 saturated heterocycles. The van der Waals surface area contributed by atoms with Gasteiger partial charge in [0.05, 0.1) is 18.3 Å². The van der Waals surface area contributed by atoms with Crippen molar-refractivity contribution in [2.24, 2.45) is 0 Å². The van der Waals surface area contributed by atoms with E-state index in [1.807, 2.05) is 43.3 Å². The summed E-state index contributed by atoms with van der Waals surface area (Å²) in [6.07, 6.45) is 0.738. The number of nitrogens with one attached hydrogen (secondary N) is 1. The fourth-order valence-electron chi connectivity index (χ4n) is 2.43. The van der Waals surface area contributed by atoms with Gasteiger partial charge in [-0.05, 0) is 31.5 Å². The second-order valence-electron chi connectivity index (χ2n) is 5.09. The molecule has 2 aromatic heterocycles. The number of nitriles is 1. The van der Waals surface area contributed by atoms with E-state index >= 15 is 0 Å². The summed E-state index contributed by atoms with van der Waals surface area (Å²) in [5, 5.41) is 17.0. The van der Waals surface area contributed by atoms with Crippen molar-refractivity contribution < 1.29 is 9.53 Å². The minimum atomic E-state index is -0.645. The Morgan fingerprint density at radius 2 is 2.21 bits per heavy atom. The van der Waals surface area contributed by atoms with Crippen molar-refractivity contribution in [3.8, 4) is 11.9 Å². The molecule has 0 saturated carbocycles. The van der Waals surface area contributed by atoms with Crippen molar-refractivity contribution in [2.45, 2.75) is 13.8 Å². The Bertz CT molecular complexity index is 955. The van der Waals surface area contributed by atoms with Crippen molar-refractivity contribution in [2.75, 3.05) is 11.9 Å². The van der Waals surface area contributed by atoms with Crippen molar-refractivity contribution in [3.63, 3.8) is 0 Å². The van der Waals surface area contributed by atoms with Gasteiger partial charge in [-0.15, -0.1) is 0 Å². The van der Waals surface area contributed by atoms with Crippen LogP contribution in [0.4, 0.5) is 10.6 Å². The predicted octanol–water partition coefficient (Wildman–Crippen LogP) is 3.17. The number of hydrogen-bond acceptors (Lipinski definition) is 5. The molecule has 2 heterocycles. The Labute approximate surface area is 138 Å². The lowest BCUT2D eigenvalue weighted by Gasteiger charge is -2.11. The number of carbonyl (C=O) groups is 1. The van der Waals surface area contributed by atoms with Crippen LogP contribution in [0.1, 0.15) is 18.1 Å². The number of pyridine rings is 1. The van der Waals surface area contributed by atoms with Gasteiger partial charge in [-0.3, -0.25) is 5.32 Å². The van der Waals surface area contributed by atoms with Crippen LogP contribution in [0.25, 0.3) is 16.7 Å². The molecule has 7 heteroatoms. The summed E-state index contributed by atoms with van der Waals surface area (Å²) in [5.74, 6) is 0.748. The lowest BCUT2D eigenvalue weighted by atomic mass is 10.1. The second-order valence-corrected chi connectivity index (χ2v) is 5.09. The summed E-state index contributed by atoms with van der Waals surface area (Å²) < 4.78 is 6.30. The third-order valence-electron chi connectivity index (χ3n) is 3.51. The van der Waals surface area contributed by atoms with E-state index in [1.54, 1.807) is 6.92 Å². The molecule has 0 bridgehead atoms. The molecule has 3 aromatic rings. The fourth-order valence-corrected chi connectivity index (χ4v) is 2.43. The van der Waals surface area contributed by atoms with Crippen LogP contribution < -0.4 is 5.32 Å². The first-order valence-corrected chi connectivity index (χ1v) is 7.42. The number of para-hydroxylation sites is 1. The third-order valence-corrected chi connectivity index (χ3v) is 3.51. The molecule has 0 unspecified atom stereocenters. The smallest absolute Gasteiger partial charge is 0.412 e. The largest absolute Gasteiger partial charge is 0.450 e. The van der Waals surface area contributed by atoms with Crippen LogP contribution in [0.5, 0.6) is 0 Å². The van der Waals surface area contributed by atoms with E-state index in [2.05, 4.69) is 15.4 Å². The molecule has 24 heavy (non-hydrogen) atoms. The summed E-state index contributed by atoms with van der Waals surface area (Å²) in [5.41, 5.74) is 2.06. The van der Waals surface area contributed by atoms with Gasteiger partial charge in [-0.25, -0.2) is 9.78 Å². The third kappa shape index (κ3) is 2.77. The highest BCUT2D eigenvalue weighted by Crippen LogP contribution is 2.23. The van der Waals surface area contributed by atoms with Crippen molar-refractivity contribution >= 4 is 22.8 Å². The Morgan fingerprint density at radius 3 is 2.96 bits per heavy atom. The van der Waals surface area contributed by atoms with E-state index < -0.39 is 6.09 Å². The van der Waals surface area contributed by atoms with Crippen LogP contribution in [0, 0.1) is 18.3 Å². The highest BCUT2D eigenvalue weighted by atomic mass is 16.5. The summed E-state index contributed by atoms with van der Waals surface area (Å²) in [6, 6.07) is 11.6. The van der Waals surface area contributed by atoms with Crippen LogP contribution in [0.15, 0.2) is 36.5 Å².